The van der Waals surface area contributed by atoms with Gasteiger partial charge in [-0.05, 0) is 48.7 Å². The van der Waals surface area contributed by atoms with Crippen LogP contribution in [0.5, 0.6) is 0 Å². The zero-order chi connectivity index (χ0) is 36.1. The van der Waals surface area contributed by atoms with Gasteiger partial charge in [-0.3, -0.25) is 4.79 Å². The number of fused-ring (bicyclic) bond motifs is 1. The quantitative estimate of drug-likeness (QED) is 0.0626. The molecule has 268 valence electrons. The van der Waals surface area contributed by atoms with Crippen LogP contribution in [0.15, 0.2) is 51.8 Å². The molecular formula is C31H33F11N2O3S. The number of hydrogen-bond acceptors (Lipinski definition) is 6. The first kappa shape index (κ1) is 39.4. The highest BCUT2D eigenvalue weighted by Gasteiger charge is 2.79. The fourth-order valence-electron chi connectivity index (χ4n) is 4.56. The highest BCUT2D eigenvalue weighted by atomic mass is 32.2. The Balaban J connectivity index is 1.72. The lowest BCUT2D eigenvalue weighted by Crippen LogP contribution is -2.62. The maximum absolute atomic E-state index is 14.4. The average molecular weight is 723 g/mol. The van der Waals surface area contributed by atoms with Crippen LogP contribution in [0, 0.1) is 0 Å². The fraction of sp³-hybridized carbons (Fsp3) is 0.516. The van der Waals surface area contributed by atoms with Crippen molar-refractivity contribution in [3.63, 3.8) is 0 Å². The molecule has 2 aromatic carbocycles. The lowest BCUT2D eigenvalue weighted by Gasteiger charge is -2.36. The van der Waals surface area contributed by atoms with Gasteiger partial charge in [0.2, 0.25) is 0 Å². The van der Waals surface area contributed by atoms with Crippen LogP contribution in [-0.4, -0.2) is 54.6 Å². The van der Waals surface area contributed by atoms with Crippen molar-refractivity contribution in [1.82, 2.24) is 0 Å². The molecular weight excluding hydrogens is 689 g/mol. The molecule has 1 unspecified atom stereocenters. The molecule has 17 heteroatoms. The minimum absolute atomic E-state index is 0.0199. The van der Waals surface area contributed by atoms with E-state index in [1.54, 1.807) is 6.07 Å². The van der Waals surface area contributed by atoms with E-state index in [4.69, 9.17) is 15.9 Å². The maximum Gasteiger partial charge on any atom is 0.417 e. The summed E-state index contributed by atoms with van der Waals surface area (Å²) in [5.41, 5.74) is 9.55. The molecule has 0 amide bonds. The van der Waals surface area contributed by atoms with E-state index in [1.807, 2.05) is 6.92 Å². The molecule has 0 saturated carbocycles. The average Bonchev–Trinajstić information content (AvgIpc) is 3.43. The summed E-state index contributed by atoms with van der Waals surface area (Å²) in [5, 5.41) is 0.323. The van der Waals surface area contributed by atoms with Crippen molar-refractivity contribution in [2.24, 2.45) is 11.5 Å². The summed E-state index contributed by atoms with van der Waals surface area (Å²) in [6.45, 7) is -0.0588. The first-order chi connectivity index (χ1) is 22.2. The van der Waals surface area contributed by atoms with Gasteiger partial charge in [-0.15, -0.1) is 11.8 Å². The van der Waals surface area contributed by atoms with Crippen molar-refractivity contribution in [1.29, 1.82) is 0 Å². The first-order valence-corrected chi connectivity index (χ1v) is 15.7. The Kier molecular flexibility index (Phi) is 12.5. The van der Waals surface area contributed by atoms with E-state index in [0.717, 1.165) is 18.9 Å². The summed E-state index contributed by atoms with van der Waals surface area (Å²) in [6.07, 6.45) is -5.98. The Labute approximate surface area is 272 Å². The Morgan fingerprint density at radius 3 is 2.12 bits per heavy atom. The molecule has 3 aromatic rings. The standard InChI is InChI=1S/C31H33F11N2O3S/c1-2-3-4-5-18-6-9-21(22(14-18)29(36,37)38)25-15-19-7-8-20(16-24(19)47-25)48-13-11-28(34,35)31(41,42)30(39,40)27(32,33)10-12-46-26(45)23(44)17-43/h6-9,14-16,23H,2-5,10-13,17,43-44H2,1H3. The number of rotatable bonds is 17. The predicted octanol–water partition coefficient (Wildman–Crippen LogP) is 9.09. The van der Waals surface area contributed by atoms with Gasteiger partial charge < -0.3 is 20.6 Å². The largest absolute Gasteiger partial charge is 0.464 e. The zero-order valence-corrected chi connectivity index (χ0v) is 26.2. The van der Waals surface area contributed by atoms with E-state index >= 15 is 0 Å². The minimum Gasteiger partial charge on any atom is -0.464 e. The normalized spacial score (nSPS) is 14.0. The molecule has 0 bridgehead atoms. The Morgan fingerprint density at radius 1 is 0.875 bits per heavy atom. The Bertz CT molecular complexity index is 1540. The summed E-state index contributed by atoms with van der Waals surface area (Å²) >= 11 is 0.477. The molecule has 0 aliphatic rings. The van der Waals surface area contributed by atoms with Crippen molar-refractivity contribution >= 4 is 28.7 Å². The SMILES string of the molecule is CCCCCc1ccc(-c2cc3ccc(SCCC(F)(F)C(F)(F)C(F)(F)C(F)(F)CCOC(=O)C(N)CN)cc3o2)c(C(F)(F)F)c1. The minimum atomic E-state index is -6.55. The van der Waals surface area contributed by atoms with E-state index in [1.165, 1.54) is 30.3 Å². The van der Waals surface area contributed by atoms with E-state index < -0.39 is 79.2 Å². The number of ether oxygens (including phenoxy) is 1. The molecule has 3 rings (SSSR count). The van der Waals surface area contributed by atoms with Crippen LogP contribution >= 0.6 is 11.8 Å². The predicted molar refractivity (Wildman–Crippen MR) is 158 cm³/mol. The molecule has 1 atom stereocenters. The number of alkyl halides is 11. The first-order valence-electron chi connectivity index (χ1n) is 14.7. The zero-order valence-electron chi connectivity index (χ0n) is 25.4. The van der Waals surface area contributed by atoms with Gasteiger partial charge in [-0.25, -0.2) is 0 Å². The fourth-order valence-corrected chi connectivity index (χ4v) is 5.51. The number of halogens is 11. The van der Waals surface area contributed by atoms with Crippen LogP contribution in [0.3, 0.4) is 0 Å². The molecule has 1 heterocycles. The second-order valence-electron chi connectivity index (χ2n) is 11.1. The topological polar surface area (TPSA) is 91.5 Å². The van der Waals surface area contributed by atoms with Crippen molar-refractivity contribution in [3.05, 3.63) is 53.6 Å². The van der Waals surface area contributed by atoms with Crippen LogP contribution < -0.4 is 11.5 Å². The number of carbonyl (C=O) groups is 1. The summed E-state index contributed by atoms with van der Waals surface area (Å²) in [5.74, 6) is -26.9. The molecule has 48 heavy (non-hydrogen) atoms. The van der Waals surface area contributed by atoms with Crippen molar-refractivity contribution in [2.75, 3.05) is 18.9 Å². The van der Waals surface area contributed by atoms with Gasteiger partial charge in [-0.2, -0.15) is 48.3 Å². The number of unbranched alkanes of at least 4 members (excludes halogenated alkanes) is 2. The number of nitrogens with two attached hydrogens (primary N) is 2. The summed E-state index contributed by atoms with van der Waals surface area (Å²) in [6, 6.07) is 7.61. The lowest BCUT2D eigenvalue weighted by atomic mass is 9.95. The van der Waals surface area contributed by atoms with Crippen LogP contribution in [0.4, 0.5) is 48.3 Å². The number of aryl methyl sites for hydroxylation is 1. The second kappa shape index (κ2) is 15.2. The molecule has 4 N–H and O–H groups in total. The van der Waals surface area contributed by atoms with Gasteiger partial charge in [0, 0.05) is 34.6 Å². The summed E-state index contributed by atoms with van der Waals surface area (Å²) in [4.78, 5) is 11.5. The number of carbonyl (C=O) groups excluding carboxylic acids is 1. The van der Waals surface area contributed by atoms with Gasteiger partial charge in [0.15, 0.2) is 0 Å². The van der Waals surface area contributed by atoms with Crippen LogP contribution in [0.2, 0.25) is 0 Å². The van der Waals surface area contributed by atoms with Crippen molar-refractivity contribution in [3.8, 4) is 11.3 Å². The lowest BCUT2D eigenvalue weighted by molar-refractivity contribution is -0.367. The smallest absolute Gasteiger partial charge is 0.417 e. The number of esters is 1. The molecule has 0 spiro atoms. The maximum atomic E-state index is 14.4. The molecule has 0 aliphatic carbocycles. The molecule has 0 fully saturated rings. The van der Waals surface area contributed by atoms with E-state index in [9.17, 15) is 53.1 Å². The molecule has 0 saturated heterocycles. The molecule has 0 aliphatic heterocycles. The van der Waals surface area contributed by atoms with Crippen molar-refractivity contribution in [2.45, 2.75) is 86.3 Å². The second-order valence-corrected chi connectivity index (χ2v) is 12.2. The third-order valence-electron chi connectivity index (χ3n) is 7.43. The van der Waals surface area contributed by atoms with E-state index in [-0.39, 0.29) is 21.8 Å². The van der Waals surface area contributed by atoms with Gasteiger partial charge in [0.25, 0.3) is 0 Å². The van der Waals surface area contributed by atoms with Crippen LogP contribution in [-0.2, 0) is 22.1 Å². The van der Waals surface area contributed by atoms with Crippen LogP contribution in [0.25, 0.3) is 22.3 Å². The van der Waals surface area contributed by atoms with Crippen LogP contribution in [0.1, 0.15) is 50.2 Å². The molecule has 1 aromatic heterocycles. The van der Waals surface area contributed by atoms with E-state index in [2.05, 4.69) is 4.74 Å². The molecule has 5 nitrogen and oxygen atoms in total. The van der Waals surface area contributed by atoms with Crippen molar-refractivity contribution < 1.29 is 62.2 Å². The third kappa shape index (κ3) is 8.75. The van der Waals surface area contributed by atoms with Gasteiger partial charge in [0.05, 0.1) is 18.6 Å². The summed E-state index contributed by atoms with van der Waals surface area (Å²) in [7, 11) is 0. The number of furan rings is 1. The summed E-state index contributed by atoms with van der Waals surface area (Å²) < 4.78 is 166. The highest BCUT2D eigenvalue weighted by Crippen LogP contribution is 2.55. The number of hydrogen-bond donors (Lipinski definition) is 2. The van der Waals surface area contributed by atoms with Gasteiger partial charge in [0.1, 0.15) is 17.4 Å². The number of thioether (sulfide) groups is 1. The Morgan fingerprint density at radius 2 is 1.52 bits per heavy atom. The van der Waals surface area contributed by atoms with Gasteiger partial charge >= 0.3 is 35.8 Å². The third-order valence-corrected chi connectivity index (χ3v) is 8.43. The van der Waals surface area contributed by atoms with E-state index in [0.29, 0.717) is 35.6 Å². The highest BCUT2D eigenvalue weighted by molar-refractivity contribution is 7.99. The Hall–Kier alpha value is -3.05. The number of benzene rings is 2. The molecule has 0 radical (unpaired) electrons. The van der Waals surface area contributed by atoms with Gasteiger partial charge in [-0.1, -0.05) is 31.9 Å². The monoisotopic (exact) mass is 722 g/mol.